The van der Waals surface area contributed by atoms with Gasteiger partial charge in [0.25, 0.3) is 5.91 Å². The van der Waals surface area contributed by atoms with Crippen molar-refractivity contribution in [2.24, 2.45) is 0 Å². The topological polar surface area (TPSA) is 58.6 Å². The average Bonchev–Trinajstić information content (AvgIpc) is 2.69. The Hall–Kier alpha value is -2.34. The van der Waals surface area contributed by atoms with Crippen LogP contribution in [0.15, 0.2) is 40.9 Å². The summed E-state index contributed by atoms with van der Waals surface area (Å²) < 4.78 is 6.80. The van der Waals surface area contributed by atoms with Gasteiger partial charge in [-0.2, -0.15) is 0 Å². The summed E-state index contributed by atoms with van der Waals surface area (Å²) in [5.74, 6) is 0.225. The highest BCUT2D eigenvalue weighted by molar-refractivity contribution is 9.10. The predicted molar refractivity (Wildman–Crippen MR) is 119 cm³/mol. The van der Waals surface area contributed by atoms with Gasteiger partial charge in [-0.25, -0.2) is 0 Å². The van der Waals surface area contributed by atoms with Crippen LogP contribution >= 0.6 is 15.9 Å². The standard InChI is InChI=1S/C23H29BrN2O3/c1-6-25-23(28)18(5)26(13-19-9-7-15(2)8-10-19)21(27)14-29-20-11-16(3)22(24)17(4)12-20/h7-12,18H,6,13-14H2,1-5H3,(H,25,28). The van der Waals surface area contributed by atoms with E-state index in [2.05, 4.69) is 21.2 Å². The maximum atomic E-state index is 13.0. The van der Waals surface area contributed by atoms with Crippen molar-refractivity contribution in [2.75, 3.05) is 13.2 Å². The number of likely N-dealkylation sites (N-methyl/N-ethyl adjacent to an activating group) is 1. The number of aryl methyl sites for hydroxylation is 3. The number of halogens is 1. The van der Waals surface area contributed by atoms with Crippen LogP contribution in [0.25, 0.3) is 0 Å². The second-order valence-corrected chi connectivity index (χ2v) is 8.03. The number of nitrogens with zero attached hydrogens (tertiary/aromatic N) is 1. The summed E-state index contributed by atoms with van der Waals surface area (Å²) in [6.07, 6.45) is 0. The summed E-state index contributed by atoms with van der Waals surface area (Å²) in [6.45, 7) is 10.3. The molecule has 156 valence electrons. The van der Waals surface area contributed by atoms with Gasteiger partial charge in [-0.3, -0.25) is 9.59 Å². The summed E-state index contributed by atoms with van der Waals surface area (Å²) in [4.78, 5) is 26.9. The minimum atomic E-state index is -0.597. The summed E-state index contributed by atoms with van der Waals surface area (Å²) in [5, 5.41) is 2.79. The minimum absolute atomic E-state index is 0.129. The van der Waals surface area contributed by atoms with Crippen molar-refractivity contribution in [1.29, 1.82) is 0 Å². The molecule has 0 spiro atoms. The first kappa shape index (κ1) is 22.9. The monoisotopic (exact) mass is 460 g/mol. The molecular weight excluding hydrogens is 432 g/mol. The van der Waals surface area contributed by atoms with Crippen molar-refractivity contribution in [3.8, 4) is 5.75 Å². The lowest BCUT2D eigenvalue weighted by Crippen LogP contribution is -2.49. The van der Waals surface area contributed by atoms with Gasteiger partial charge >= 0.3 is 0 Å². The highest BCUT2D eigenvalue weighted by Gasteiger charge is 2.26. The average molecular weight is 461 g/mol. The molecule has 2 aromatic carbocycles. The summed E-state index contributed by atoms with van der Waals surface area (Å²) in [5.41, 5.74) is 4.20. The first-order valence-corrected chi connectivity index (χ1v) is 10.5. The van der Waals surface area contributed by atoms with Crippen LogP contribution in [0, 0.1) is 20.8 Å². The Bertz CT molecular complexity index is 842. The first-order valence-electron chi connectivity index (χ1n) is 9.75. The molecule has 1 N–H and O–H groups in total. The van der Waals surface area contributed by atoms with E-state index in [0.29, 0.717) is 18.8 Å². The minimum Gasteiger partial charge on any atom is -0.484 e. The van der Waals surface area contributed by atoms with Crippen molar-refractivity contribution >= 4 is 27.7 Å². The quantitative estimate of drug-likeness (QED) is 0.638. The molecule has 0 saturated carbocycles. The number of carbonyl (C=O) groups is 2. The Morgan fingerprint density at radius 3 is 2.24 bits per heavy atom. The lowest BCUT2D eigenvalue weighted by Gasteiger charge is -2.28. The Morgan fingerprint density at radius 2 is 1.69 bits per heavy atom. The summed E-state index contributed by atoms with van der Waals surface area (Å²) in [6, 6.07) is 11.1. The molecule has 1 unspecified atom stereocenters. The fourth-order valence-electron chi connectivity index (χ4n) is 3.01. The van der Waals surface area contributed by atoms with Crippen molar-refractivity contribution in [3.63, 3.8) is 0 Å². The maximum absolute atomic E-state index is 13.0. The van der Waals surface area contributed by atoms with Crippen LogP contribution in [-0.4, -0.2) is 35.9 Å². The second kappa shape index (κ2) is 10.4. The molecule has 0 aliphatic heterocycles. The van der Waals surface area contributed by atoms with Crippen LogP contribution < -0.4 is 10.1 Å². The molecule has 0 aliphatic carbocycles. The van der Waals surface area contributed by atoms with E-state index in [1.807, 2.05) is 64.1 Å². The van der Waals surface area contributed by atoms with E-state index in [9.17, 15) is 9.59 Å². The van der Waals surface area contributed by atoms with Gasteiger partial charge in [0.2, 0.25) is 5.91 Å². The Balaban J connectivity index is 2.16. The third kappa shape index (κ3) is 6.32. The molecule has 0 radical (unpaired) electrons. The fraction of sp³-hybridized carbons (Fsp3) is 0.391. The smallest absolute Gasteiger partial charge is 0.261 e. The molecule has 0 saturated heterocycles. The van der Waals surface area contributed by atoms with Crippen LogP contribution in [0.1, 0.15) is 36.1 Å². The molecule has 6 heteroatoms. The Labute approximate surface area is 181 Å². The van der Waals surface area contributed by atoms with Gasteiger partial charge in [-0.1, -0.05) is 45.8 Å². The van der Waals surface area contributed by atoms with E-state index in [0.717, 1.165) is 26.7 Å². The number of nitrogens with one attached hydrogen (secondary N) is 1. The molecule has 2 aromatic rings. The van der Waals surface area contributed by atoms with Crippen LogP contribution in [-0.2, 0) is 16.1 Å². The van der Waals surface area contributed by atoms with Crippen LogP contribution in [0.2, 0.25) is 0 Å². The largest absolute Gasteiger partial charge is 0.484 e. The normalized spacial score (nSPS) is 11.7. The maximum Gasteiger partial charge on any atom is 0.261 e. The molecule has 0 bridgehead atoms. The number of benzene rings is 2. The second-order valence-electron chi connectivity index (χ2n) is 7.24. The molecule has 5 nitrogen and oxygen atoms in total. The number of carbonyl (C=O) groups excluding carboxylic acids is 2. The van der Waals surface area contributed by atoms with Crippen molar-refractivity contribution < 1.29 is 14.3 Å². The molecule has 0 aliphatic rings. The highest BCUT2D eigenvalue weighted by atomic mass is 79.9. The zero-order chi connectivity index (χ0) is 21.6. The molecular formula is C23H29BrN2O3. The number of ether oxygens (including phenoxy) is 1. The molecule has 2 rings (SSSR count). The van der Waals surface area contributed by atoms with E-state index >= 15 is 0 Å². The number of hydrogen-bond donors (Lipinski definition) is 1. The van der Waals surface area contributed by atoms with Crippen LogP contribution in [0.5, 0.6) is 5.75 Å². The van der Waals surface area contributed by atoms with Gasteiger partial charge in [-0.15, -0.1) is 0 Å². The number of rotatable bonds is 8. The zero-order valence-corrected chi connectivity index (χ0v) is 19.3. The van der Waals surface area contributed by atoms with E-state index in [4.69, 9.17) is 4.74 Å². The summed E-state index contributed by atoms with van der Waals surface area (Å²) >= 11 is 3.53. The van der Waals surface area contributed by atoms with E-state index in [-0.39, 0.29) is 18.4 Å². The van der Waals surface area contributed by atoms with Gasteiger partial charge in [-0.05, 0) is 63.4 Å². The molecule has 0 fully saturated rings. The van der Waals surface area contributed by atoms with Gasteiger partial charge in [0, 0.05) is 17.6 Å². The number of amides is 2. The number of hydrogen-bond acceptors (Lipinski definition) is 3. The third-order valence-electron chi connectivity index (χ3n) is 4.76. The summed E-state index contributed by atoms with van der Waals surface area (Å²) in [7, 11) is 0. The van der Waals surface area contributed by atoms with Gasteiger partial charge < -0.3 is 15.0 Å². The van der Waals surface area contributed by atoms with Crippen LogP contribution in [0.4, 0.5) is 0 Å². The van der Waals surface area contributed by atoms with E-state index in [1.54, 1.807) is 11.8 Å². The lowest BCUT2D eigenvalue weighted by molar-refractivity contribution is -0.142. The molecule has 29 heavy (non-hydrogen) atoms. The fourth-order valence-corrected chi connectivity index (χ4v) is 3.24. The predicted octanol–water partition coefficient (Wildman–Crippen LogP) is 4.31. The zero-order valence-electron chi connectivity index (χ0n) is 17.7. The van der Waals surface area contributed by atoms with E-state index in [1.165, 1.54) is 0 Å². The lowest BCUT2D eigenvalue weighted by atomic mass is 10.1. The third-order valence-corrected chi connectivity index (χ3v) is 6.01. The molecule has 1 atom stereocenters. The SMILES string of the molecule is CCNC(=O)C(C)N(Cc1ccc(C)cc1)C(=O)COc1cc(C)c(Br)c(C)c1. The van der Waals surface area contributed by atoms with Gasteiger partial charge in [0.15, 0.2) is 6.61 Å². The first-order chi connectivity index (χ1) is 13.7. The van der Waals surface area contributed by atoms with Gasteiger partial charge in [0.05, 0.1) is 0 Å². The molecule has 0 heterocycles. The van der Waals surface area contributed by atoms with Gasteiger partial charge in [0.1, 0.15) is 11.8 Å². The van der Waals surface area contributed by atoms with E-state index < -0.39 is 6.04 Å². The molecule has 2 amide bonds. The van der Waals surface area contributed by atoms with Crippen molar-refractivity contribution in [2.45, 2.75) is 47.2 Å². The van der Waals surface area contributed by atoms with Crippen molar-refractivity contribution in [3.05, 3.63) is 63.1 Å². The Morgan fingerprint density at radius 1 is 1.10 bits per heavy atom. The van der Waals surface area contributed by atoms with Crippen molar-refractivity contribution in [1.82, 2.24) is 10.2 Å². The van der Waals surface area contributed by atoms with Crippen LogP contribution in [0.3, 0.4) is 0 Å². The Kier molecular flexibility index (Phi) is 8.26. The molecule has 0 aromatic heterocycles. The highest BCUT2D eigenvalue weighted by Crippen LogP contribution is 2.26.